The van der Waals surface area contributed by atoms with Gasteiger partial charge in [-0.05, 0) is 26.0 Å². The minimum atomic E-state index is -0.187. The van der Waals surface area contributed by atoms with Crippen LogP contribution in [0.15, 0.2) is 23.7 Å². The standard InChI is InChI=1S/2C5H8O2.Co.2H2O/c2*1-4(6)3-5(2)7;;;/h2*3,6H,1-2H3;;2*1H2/q;;+2;;/p-2/b2*4-3-;;;. The maximum Gasteiger partial charge on any atom is 2.00 e. The van der Waals surface area contributed by atoms with Crippen molar-refractivity contribution in [1.82, 2.24) is 0 Å². The number of allylic oxidation sites excluding steroid dienone is 4. The van der Waals surface area contributed by atoms with Crippen LogP contribution in [-0.2, 0) is 26.4 Å². The van der Waals surface area contributed by atoms with Crippen molar-refractivity contribution in [2.24, 2.45) is 0 Å². The van der Waals surface area contributed by atoms with Gasteiger partial charge in [0.25, 0.3) is 0 Å². The van der Waals surface area contributed by atoms with Crippen molar-refractivity contribution in [1.29, 1.82) is 0 Å². The molecule has 0 atom stereocenters. The Labute approximate surface area is 111 Å². The summed E-state index contributed by atoms with van der Waals surface area (Å²) in [6, 6.07) is 0. The first-order chi connectivity index (χ1) is 6.25. The van der Waals surface area contributed by atoms with E-state index in [2.05, 4.69) is 0 Å². The molecule has 6 nitrogen and oxygen atoms in total. The molecule has 0 aromatic rings. The molecule has 0 saturated carbocycles. The van der Waals surface area contributed by atoms with E-state index >= 15 is 0 Å². The Balaban J connectivity index is -0.0000000480. The normalized spacial score (nSPS) is 9.41. The van der Waals surface area contributed by atoms with Gasteiger partial charge in [-0.2, -0.15) is 0 Å². The minimum Gasteiger partial charge on any atom is -0.876 e. The zero-order chi connectivity index (χ0) is 11.7. The van der Waals surface area contributed by atoms with Crippen molar-refractivity contribution < 1.29 is 47.5 Å². The second-order valence-electron chi connectivity index (χ2n) is 2.73. The maximum absolute atomic E-state index is 9.98. The third-order valence-electron chi connectivity index (χ3n) is 0.813. The summed E-state index contributed by atoms with van der Waals surface area (Å²) in [5, 5.41) is 20.0. The van der Waals surface area contributed by atoms with E-state index in [0.29, 0.717) is 0 Å². The third-order valence-corrected chi connectivity index (χ3v) is 0.813. The Morgan fingerprint density at radius 3 is 0.941 bits per heavy atom. The van der Waals surface area contributed by atoms with Gasteiger partial charge in [0, 0.05) is 0 Å². The van der Waals surface area contributed by atoms with Crippen molar-refractivity contribution in [2.75, 3.05) is 0 Å². The molecule has 17 heavy (non-hydrogen) atoms. The van der Waals surface area contributed by atoms with E-state index in [-0.39, 0.29) is 50.8 Å². The van der Waals surface area contributed by atoms with Crippen LogP contribution < -0.4 is 10.2 Å². The molecule has 0 amide bonds. The van der Waals surface area contributed by atoms with Crippen molar-refractivity contribution in [3.05, 3.63) is 23.7 Å². The fourth-order valence-electron chi connectivity index (χ4n) is 0.572. The van der Waals surface area contributed by atoms with Gasteiger partial charge in [-0.3, -0.25) is 9.59 Å². The SMILES string of the molecule is CC(=O)/C=C(/C)[O-].CC(=O)/C=C(/C)[O-].O.O.[Co+2]. The Morgan fingerprint density at radius 1 is 0.765 bits per heavy atom. The van der Waals surface area contributed by atoms with Gasteiger partial charge in [-0.1, -0.05) is 13.8 Å². The number of hydrogen-bond acceptors (Lipinski definition) is 4. The van der Waals surface area contributed by atoms with Gasteiger partial charge in [0.15, 0.2) is 11.6 Å². The summed E-state index contributed by atoms with van der Waals surface area (Å²) in [6.07, 6.45) is 2.11. The quantitative estimate of drug-likeness (QED) is 0.429. The molecule has 1 radical (unpaired) electrons. The van der Waals surface area contributed by atoms with Gasteiger partial charge in [0.2, 0.25) is 0 Å². The summed E-state index contributed by atoms with van der Waals surface area (Å²) in [7, 11) is 0. The molecule has 4 N–H and O–H groups in total. The Hall–Kier alpha value is -1.15. The second-order valence-corrected chi connectivity index (χ2v) is 2.73. The number of rotatable bonds is 2. The van der Waals surface area contributed by atoms with Crippen LogP contribution in [0.25, 0.3) is 0 Å². The van der Waals surface area contributed by atoms with Gasteiger partial charge in [0.1, 0.15) is 0 Å². The first-order valence-corrected chi connectivity index (χ1v) is 3.97. The number of carbonyl (C=O) groups excluding carboxylic acids is 2. The average molecular weight is 293 g/mol. The molecule has 0 fully saturated rings. The minimum absolute atomic E-state index is 0. The summed E-state index contributed by atoms with van der Waals surface area (Å²) in [5.41, 5.74) is 0. The summed E-state index contributed by atoms with van der Waals surface area (Å²) in [4.78, 5) is 20.0. The van der Waals surface area contributed by atoms with E-state index in [9.17, 15) is 19.8 Å². The summed E-state index contributed by atoms with van der Waals surface area (Å²) in [6.45, 7) is 5.39. The van der Waals surface area contributed by atoms with Crippen LogP contribution in [0.5, 0.6) is 0 Å². The van der Waals surface area contributed by atoms with Gasteiger partial charge >= 0.3 is 16.8 Å². The average Bonchev–Trinajstić information content (AvgIpc) is 1.79. The molecule has 0 aliphatic carbocycles. The molecule has 0 bridgehead atoms. The van der Waals surface area contributed by atoms with Crippen LogP contribution in [0.4, 0.5) is 0 Å². The molecule has 0 aliphatic heterocycles. The molecule has 103 valence electrons. The first kappa shape index (κ1) is 29.7. The molecular weight excluding hydrogens is 275 g/mol. The molecule has 0 aromatic heterocycles. The fraction of sp³-hybridized carbons (Fsp3) is 0.400. The van der Waals surface area contributed by atoms with Crippen LogP contribution in [0.3, 0.4) is 0 Å². The molecule has 7 heteroatoms. The van der Waals surface area contributed by atoms with E-state index in [1.165, 1.54) is 27.7 Å². The van der Waals surface area contributed by atoms with Crippen molar-refractivity contribution in [3.63, 3.8) is 0 Å². The van der Waals surface area contributed by atoms with E-state index < -0.39 is 0 Å². The molecule has 0 unspecified atom stereocenters. The summed E-state index contributed by atoms with van der Waals surface area (Å²) >= 11 is 0. The van der Waals surface area contributed by atoms with Crippen molar-refractivity contribution >= 4 is 11.6 Å². The first-order valence-electron chi connectivity index (χ1n) is 3.97. The van der Waals surface area contributed by atoms with Crippen LogP contribution in [0.2, 0.25) is 0 Å². The Morgan fingerprint density at radius 2 is 0.941 bits per heavy atom. The van der Waals surface area contributed by atoms with Gasteiger partial charge < -0.3 is 21.2 Å². The predicted molar refractivity (Wildman–Crippen MR) is 56.1 cm³/mol. The predicted octanol–water partition coefficient (Wildman–Crippen LogP) is -1.97. The molecule has 0 aliphatic rings. The van der Waals surface area contributed by atoms with E-state index in [1.54, 1.807) is 0 Å². The number of ketones is 2. The molecule has 0 saturated heterocycles. The van der Waals surface area contributed by atoms with Crippen LogP contribution in [-0.4, -0.2) is 22.5 Å². The zero-order valence-electron chi connectivity index (χ0n) is 10.1. The van der Waals surface area contributed by atoms with Crippen LogP contribution in [0.1, 0.15) is 27.7 Å². The van der Waals surface area contributed by atoms with Crippen molar-refractivity contribution in [3.8, 4) is 0 Å². The molecule has 0 aromatic carbocycles. The number of hydrogen-bond donors (Lipinski definition) is 0. The maximum atomic E-state index is 9.98. The monoisotopic (exact) mass is 293 g/mol. The van der Waals surface area contributed by atoms with E-state index in [4.69, 9.17) is 0 Å². The largest absolute Gasteiger partial charge is 2.00 e. The molecular formula is C10H18CoO6. The van der Waals surface area contributed by atoms with Gasteiger partial charge in [-0.15, -0.1) is 11.5 Å². The third kappa shape index (κ3) is 52.3. The molecule has 0 heterocycles. The summed E-state index contributed by atoms with van der Waals surface area (Å²) < 4.78 is 0. The summed E-state index contributed by atoms with van der Waals surface area (Å²) in [5.74, 6) is -0.750. The zero-order valence-corrected chi connectivity index (χ0v) is 11.2. The van der Waals surface area contributed by atoms with Gasteiger partial charge in [-0.25, -0.2) is 0 Å². The fourth-order valence-corrected chi connectivity index (χ4v) is 0.572. The molecule has 0 spiro atoms. The smallest absolute Gasteiger partial charge is 0.876 e. The van der Waals surface area contributed by atoms with E-state index in [1.807, 2.05) is 0 Å². The van der Waals surface area contributed by atoms with Crippen LogP contribution >= 0.6 is 0 Å². The molecule has 0 rings (SSSR count). The second kappa shape index (κ2) is 17.2. The van der Waals surface area contributed by atoms with Crippen molar-refractivity contribution in [2.45, 2.75) is 27.7 Å². The van der Waals surface area contributed by atoms with Crippen LogP contribution in [0, 0.1) is 0 Å². The Kier molecular flexibility index (Phi) is 30.1. The Bertz CT molecular complexity index is 234. The van der Waals surface area contributed by atoms with E-state index in [0.717, 1.165) is 12.2 Å². The number of carbonyl (C=O) groups is 2. The topological polar surface area (TPSA) is 143 Å². The van der Waals surface area contributed by atoms with Gasteiger partial charge in [0.05, 0.1) is 0 Å².